The van der Waals surface area contributed by atoms with E-state index < -0.39 is 30.5 Å². The van der Waals surface area contributed by atoms with Crippen LogP contribution in [0.2, 0.25) is 0 Å². The number of amides is 1. The molecule has 0 bridgehead atoms. The third-order valence-corrected chi connectivity index (χ3v) is 1.67. The van der Waals surface area contributed by atoms with Crippen molar-refractivity contribution in [2.24, 2.45) is 0 Å². The van der Waals surface area contributed by atoms with Crippen molar-refractivity contribution >= 4 is 5.91 Å². The minimum atomic E-state index is -4.31. The summed E-state index contributed by atoms with van der Waals surface area (Å²) in [5, 5.41) is 9.35. The van der Waals surface area contributed by atoms with Gasteiger partial charge in [0.1, 0.15) is 0 Å². The second-order valence-corrected chi connectivity index (χ2v) is 4.18. The smallest absolute Gasteiger partial charge is 0.389 e. The van der Waals surface area contributed by atoms with Gasteiger partial charge in [0.25, 0.3) is 0 Å². The van der Waals surface area contributed by atoms with Crippen LogP contribution in [-0.4, -0.2) is 41.3 Å². The molecule has 0 saturated heterocycles. The zero-order valence-electron chi connectivity index (χ0n) is 9.06. The number of halogens is 3. The van der Waals surface area contributed by atoms with E-state index in [-0.39, 0.29) is 6.54 Å². The Hall–Kier alpha value is -0.780. The van der Waals surface area contributed by atoms with Crippen molar-refractivity contribution in [2.45, 2.75) is 38.5 Å². The highest BCUT2D eigenvalue weighted by atomic mass is 19.4. The maximum Gasteiger partial charge on any atom is 0.389 e. The number of hydrogen-bond acceptors (Lipinski definition) is 2. The second kappa shape index (κ2) is 4.83. The Kier molecular flexibility index (Phi) is 4.58. The number of carbonyl (C=O) groups excluding carboxylic acids is 1. The van der Waals surface area contributed by atoms with E-state index in [4.69, 9.17) is 0 Å². The van der Waals surface area contributed by atoms with Crippen LogP contribution in [0.3, 0.4) is 0 Å². The van der Waals surface area contributed by atoms with Crippen LogP contribution in [0, 0.1) is 0 Å². The minimum absolute atomic E-state index is 0.0176. The fourth-order valence-electron chi connectivity index (χ4n) is 1.11. The lowest BCUT2D eigenvalue weighted by molar-refractivity contribution is -0.149. The molecule has 0 aliphatic carbocycles. The molecule has 0 unspecified atom stereocenters. The van der Waals surface area contributed by atoms with Crippen LogP contribution in [0.1, 0.15) is 26.7 Å². The van der Waals surface area contributed by atoms with Crippen LogP contribution in [0.5, 0.6) is 0 Å². The predicted octanol–water partition coefficient (Wildman–Crippen LogP) is 1.56. The van der Waals surface area contributed by atoms with Gasteiger partial charge in [0.2, 0.25) is 5.91 Å². The minimum Gasteiger partial charge on any atom is -0.389 e. The van der Waals surface area contributed by atoms with E-state index in [1.807, 2.05) is 0 Å². The van der Waals surface area contributed by atoms with Crippen molar-refractivity contribution in [3.05, 3.63) is 0 Å². The molecule has 0 aliphatic rings. The van der Waals surface area contributed by atoms with Gasteiger partial charge in [-0.1, -0.05) is 0 Å². The molecule has 15 heavy (non-hydrogen) atoms. The first-order valence-corrected chi connectivity index (χ1v) is 4.54. The summed E-state index contributed by atoms with van der Waals surface area (Å²) < 4.78 is 35.4. The molecule has 0 spiro atoms. The lowest BCUT2D eigenvalue weighted by Crippen LogP contribution is -2.39. The third kappa shape index (κ3) is 8.23. The largest absolute Gasteiger partial charge is 0.389 e. The van der Waals surface area contributed by atoms with E-state index in [0.29, 0.717) is 0 Å². The summed E-state index contributed by atoms with van der Waals surface area (Å²) in [5.41, 5.74) is -1.09. The topological polar surface area (TPSA) is 40.5 Å². The maximum atomic E-state index is 11.8. The van der Waals surface area contributed by atoms with E-state index >= 15 is 0 Å². The van der Waals surface area contributed by atoms with E-state index in [9.17, 15) is 23.1 Å². The van der Waals surface area contributed by atoms with Crippen molar-refractivity contribution in [1.29, 1.82) is 0 Å². The summed E-state index contributed by atoms with van der Waals surface area (Å²) in [6.45, 7) is 2.99. The number of nitrogens with zero attached hydrogens (tertiary/aromatic N) is 1. The molecule has 0 radical (unpaired) electrons. The van der Waals surface area contributed by atoms with Crippen molar-refractivity contribution in [3.8, 4) is 0 Å². The van der Waals surface area contributed by atoms with E-state index in [1.54, 1.807) is 0 Å². The Morgan fingerprint density at radius 2 is 1.80 bits per heavy atom. The molecular formula is C9H16F3NO2. The molecule has 1 N–H and O–H groups in total. The van der Waals surface area contributed by atoms with Crippen LogP contribution in [0.25, 0.3) is 0 Å². The first-order valence-electron chi connectivity index (χ1n) is 4.54. The Labute approximate surface area is 86.9 Å². The summed E-state index contributed by atoms with van der Waals surface area (Å²) >= 11 is 0. The number of carbonyl (C=O) groups is 1. The summed E-state index contributed by atoms with van der Waals surface area (Å²) in [5.74, 6) is -0.616. The molecule has 0 aliphatic heterocycles. The number of rotatable bonds is 4. The lowest BCUT2D eigenvalue weighted by atomic mass is 10.1. The predicted molar refractivity (Wildman–Crippen MR) is 49.2 cm³/mol. The summed E-state index contributed by atoms with van der Waals surface area (Å²) in [4.78, 5) is 12.3. The number of hydrogen-bond donors (Lipinski definition) is 1. The average molecular weight is 227 g/mol. The molecule has 0 aromatic rings. The molecule has 90 valence electrons. The molecule has 0 saturated carbocycles. The van der Waals surface area contributed by atoms with Gasteiger partial charge in [-0.25, -0.2) is 0 Å². The van der Waals surface area contributed by atoms with E-state index in [2.05, 4.69) is 0 Å². The second-order valence-electron chi connectivity index (χ2n) is 4.18. The fourth-order valence-corrected chi connectivity index (χ4v) is 1.11. The third-order valence-electron chi connectivity index (χ3n) is 1.67. The zero-order chi connectivity index (χ0) is 12.3. The molecule has 0 heterocycles. The standard InChI is InChI=1S/C9H16F3NO2/c1-8(2,15)6-13(3)7(14)4-5-9(10,11)12/h15H,4-6H2,1-3H3. The monoisotopic (exact) mass is 227 g/mol. The molecule has 3 nitrogen and oxygen atoms in total. The van der Waals surface area contributed by atoms with Crippen molar-refractivity contribution in [2.75, 3.05) is 13.6 Å². The number of aliphatic hydroxyl groups is 1. The number of likely N-dealkylation sites (N-methyl/N-ethyl adjacent to an activating group) is 1. The molecule has 0 aromatic heterocycles. The van der Waals surface area contributed by atoms with Crippen LogP contribution >= 0.6 is 0 Å². The highest BCUT2D eigenvalue weighted by Crippen LogP contribution is 2.21. The summed E-state index contributed by atoms with van der Waals surface area (Å²) in [6.07, 6.45) is -6.01. The Balaban J connectivity index is 4.01. The van der Waals surface area contributed by atoms with Crippen LogP contribution in [0.4, 0.5) is 13.2 Å². The Bertz CT molecular complexity index is 220. The van der Waals surface area contributed by atoms with Gasteiger partial charge in [-0.2, -0.15) is 13.2 Å². The Morgan fingerprint density at radius 3 is 2.13 bits per heavy atom. The number of alkyl halides is 3. The van der Waals surface area contributed by atoms with Gasteiger partial charge in [-0.15, -0.1) is 0 Å². The molecule has 0 aromatic carbocycles. The molecular weight excluding hydrogens is 211 g/mol. The molecule has 0 atom stereocenters. The van der Waals surface area contributed by atoms with Crippen molar-refractivity contribution in [3.63, 3.8) is 0 Å². The maximum absolute atomic E-state index is 11.8. The van der Waals surface area contributed by atoms with Gasteiger partial charge >= 0.3 is 6.18 Å². The van der Waals surface area contributed by atoms with Gasteiger partial charge in [-0.05, 0) is 13.8 Å². The molecule has 0 rings (SSSR count). The van der Waals surface area contributed by atoms with Gasteiger partial charge in [0.15, 0.2) is 0 Å². The normalized spacial score (nSPS) is 12.7. The molecule has 6 heteroatoms. The quantitative estimate of drug-likeness (QED) is 0.791. The van der Waals surface area contributed by atoms with Gasteiger partial charge in [-0.3, -0.25) is 4.79 Å². The Morgan fingerprint density at radius 1 is 1.33 bits per heavy atom. The van der Waals surface area contributed by atoms with Gasteiger partial charge in [0, 0.05) is 20.0 Å². The van der Waals surface area contributed by atoms with Crippen molar-refractivity contribution < 1.29 is 23.1 Å². The van der Waals surface area contributed by atoms with Crippen LogP contribution in [0.15, 0.2) is 0 Å². The molecule has 1 amide bonds. The lowest BCUT2D eigenvalue weighted by Gasteiger charge is -2.25. The zero-order valence-corrected chi connectivity index (χ0v) is 9.06. The van der Waals surface area contributed by atoms with E-state index in [1.165, 1.54) is 20.9 Å². The van der Waals surface area contributed by atoms with Crippen molar-refractivity contribution in [1.82, 2.24) is 4.90 Å². The van der Waals surface area contributed by atoms with Crippen LogP contribution < -0.4 is 0 Å². The van der Waals surface area contributed by atoms with Gasteiger partial charge in [0.05, 0.1) is 12.0 Å². The van der Waals surface area contributed by atoms with Gasteiger partial charge < -0.3 is 10.0 Å². The van der Waals surface area contributed by atoms with Crippen LogP contribution in [-0.2, 0) is 4.79 Å². The van der Waals surface area contributed by atoms with E-state index in [0.717, 1.165) is 4.90 Å². The highest BCUT2D eigenvalue weighted by molar-refractivity contribution is 5.75. The molecule has 0 fully saturated rings. The fraction of sp³-hybridized carbons (Fsp3) is 0.889. The first kappa shape index (κ1) is 14.2. The first-order chi connectivity index (χ1) is 6.51. The highest BCUT2D eigenvalue weighted by Gasteiger charge is 2.29. The summed E-state index contributed by atoms with van der Waals surface area (Å²) in [6, 6.07) is 0. The average Bonchev–Trinajstić information content (AvgIpc) is 1.95. The SMILES string of the molecule is CN(CC(C)(C)O)C(=O)CCC(F)(F)F. The summed E-state index contributed by atoms with van der Waals surface area (Å²) in [7, 11) is 1.37.